The lowest BCUT2D eigenvalue weighted by atomic mass is 10.1. The minimum Gasteiger partial charge on any atom is -0.496 e. The number of hydrogen-bond acceptors (Lipinski definition) is 4. The van der Waals surface area contributed by atoms with Crippen LogP contribution in [-0.4, -0.2) is 30.3 Å². The molecule has 0 spiro atoms. The summed E-state index contributed by atoms with van der Waals surface area (Å²) < 4.78 is 10.6. The Labute approximate surface area is 139 Å². The number of fused-ring (bicyclic) bond motifs is 1. The van der Waals surface area contributed by atoms with E-state index in [1.807, 2.05) is 30.3 Å². The Balaban J connectivity index is 1.84. The van der Waals surface area contributed by atoms with Crippen molar-refractivity contribution in [2.75, 3.05) is 12.0 Å². The maximum atomic E-state index is 12.5. The van der Waals surface area contributed by atoms with Crippen molar-refractivity contribution in [3.8, 4) is 5.75 Å². The van der Waals surface area contributed by atoms with Crippen LogP contribution in [0, 0.1) is 0 Å². The zero-order valence-corrected chi connectivity index (χ0v) is 13.1. The Kier molecular flexibility index (Phi) is 4.37. The van der Waals surface area contributed by atoms with Crippen LogP contribution in [0.5, 0.6) is 5.75 Å². The van der Waals surface area contributed by atoms with Crippen LogP contribution < -0.4 is 9.64 Å². The molecule has 1 aliphatic rings. The predicted octanol–water partition coefficient (Wildman–Crippen LogP) is 2.85. The summed E-state index contributed by atoms with van der Waals surface area (Å²) in [6, 6.07) is 13.4. The molecule has 0 radical (unpaired) electrons. The number of nitrogens with zero attached hydrogens (tertiary/aromatic N) is 1. The van der Waals surface area contributed by atoms with E-state index in [4.69, 9.17) is 9.47 Å². The summed E-state index contributed by atoms with van der Waals surface area (Å²) in [5.41, 5.74) is 2.05. The van der Waals surface area contributed by atoms with Crippen molar-refractivity contribution in [2.45, 2.75) is 19.1 Å². The van der Waals surface area contributed by atoms with Gasteiger partial charge >= 0.3 is 12.1 Å². The van der Waals surface area contributed by atoms with Crippen molar-refractivity contribution in [1.82, 2.24) is 0 Å². The monoisotopic (exact) mass is 327 g/mol. The third kappa shape index (κ3) is 2.90. The molecule has 0 bridgehead atoms. The van der Waals surface area contributed by atoms with Gasteiger partial charge in [-0.25, -0.2) is 9.59 Å². The van der Waals surface area contributed by atoms with Gasteiger partial charge in [0.2, 0.25) is 0 Å². The number of carboxylic acids is 1. The first-order chi connectivity index (χ1) is 11.6. The molecule has 1 heterocycles. The average molecular weight is 327 g/mol. The Morgan fingerprint density at radius 1 is 1.17 bits per heavy atom. The predicted molar refractivity (Wildman–Crippen MR) is 87.2 cm³/mol. The number of ether oxygens (including phenoxy) is 2. The van der Waals surface area contributed by atoms with Crippen LogP contribution in [0.15, 0.2) is 48.5 Å². The molecule has 24 heavy (non-hydrogen) atoms. The fraction of sp³-hybridized carbons (Fsp3) is 0.222. The van der Waals surface area contributed by atoms with Crippen LogP contribution in [0.25, 0.3) is 0 Å². The van der Waals surface area contributed by atoms with E-state index in [0.29, 0.717) is 17.0 Å². The Hall–Kier alpha value is -3.02. The molecule has 2 aromatic rings. The highest BCUT2D eigenvalue weighted by atomic mass is 16.6. The summed E-state index contributed by atoms with van der Waals surface area (Å²) in [5.74, 6) is -0.512. The fourth-order valence-electron chi connectivity index (χ4n) is 2.84. The van der Waals surface area contributed by atoms with E-state index in [1.165, 1.54) is 12.0 Å². The first-order valence-corrected chi connectivity index (χ1v) is 7.50. The van der Waals surface area contributed by atoms with Crippen LogP contribution in [0.1, 0.15) is 11.1 Å². The van der Waals surface area contributed by atoms with E-state index in [9.17, 15) is 14.7 Å². The number of carbonyl (C=O) groups is 2. The Morgan fingerprint density at radius 2 is 1.92 bits per heavy atom. The number of benzene rings is 2. The minimum atomic E-state index is -1.08. The zero-order valence-electron chi connectivity index (χ0n) is 13.1. The second-order valence-electron chi connectivity index (χ2n) is 5.43. The molecule has 1 amide bonds. The van der Waals surface area contributed by atoms with Gasteiger partial charge < -0.3 is 14.6 Å². The summed E-state index contributed by atoms with van der Waals surface area (Å²) >= 11 is 0. The number of methoxy groups -OCH3 is 1. The van der Waals surface area contributed by atoms with Gasteiger partial charge in [0.15, 0.2) is 0 Å². The van der Waals surface area contributed by atoms with Crippen LogP contribution in [-0.2, 0) is 22.6 Å². The number of hydrogen-bond donors (Lipinski definition) is 1. The van der Waals surface area contributed by atoms with Gasteiger partial charge in [0.05, 0.1) is 12.8 Å². The van der Waals surface area contributed by atoms with E-state index >= 15 is 0 Å². The van der Waals surface area contributed by atoms with E-state index in [0.717, 1.165) is 5.56 Å². The molecule has 124 valence electrons. The number of aliphatic carboxylic acids is 1. The second-order valence-corrected chi connectivity index (χ2v) is 5.43. The van der Waals surface area contributed by atoms with Crippen molar-refractivity contribution in [1.29, 1.82) is 0 Å². The molecule has 0 aromatic heterocycles. The van der Waals surface area contributed by atoms with E-state index in [-0.39, 0.29) is 13.0 Å². The van der Waals surface area contributed by atoms with Crippen LogP contribution in [0.4, 0.5) is 10.5 Å². The normalized spacial score (nSPS) is 15.7. The lowest BCUT2D eigenvalue weighted by Crippen LogP contribution is -2.43. The molecule has 0 aliphatic carbocycles. The third-order valence-electron chi connectivity index (χ3n) is 3.98. The highest BCUT2D eigenvalue weighted by Gasteiger charge is 2.40. The molecule has 1 aliphatic heterocycles. The largest absolute Gasteiger partial charge is 0.496 e. The van der Waals surface area contributed by atoms with Crippen LogP contribution in [0.2, 0.25) is 0 Å². The van der Waals surface area contributed by atoms with Crippen molar-refractivity contribution >= 4 is 17.7 Å². The molecule has 0 saturated carbocycles. The molecule has 1 atom stereocenters. The highest BCUT2D eigenvalue weighted by molar-refractivity contribution is 5.99. The average Bonchev–Trinajstić information content (AvgIpc) is 3.00. The SMILES string of the molecule is COc1cccc2c1CC(C(=O)O)N2C(=O)OCc1ccccc1. The smallest absolute Gasteiger partial charge is 0.415 e. The van der Waals surface area contributed by atoms with E-state index in [1.54, 1.807) is 18.2 Å². The zero-order chi connectivity index (χ0) is 17.1. The quantitative estimate of drug-likeness (QED) is 0.934. The highest BCUT2D eigenvalue weighted by Crippen LogP contribution is 2.38. The fourth-order valence-corrected chi connectivity index (χ4v) is 2.84. The van der Waals surface area contributed by atoms with Gasteiger partial charge in [0, 0.05) is 12.0 Å². The van der Waals surface area contributed by atoms with Crippen molar-refractivity contribution in [3.63, 3.8) is 0 Å². The number of carboxylic acid groups (broad SMARTS) is 1. The molecule has 1 unspecified atom stereocenters. The molecule has 0 saturated heterocycles. The first kappa shape index (κ1) is 15.9. The molecule has 2 aromatic carbocycles. The molecular weight excluding hydrogens is 310 g/mol. The number of amides is 1. The maximum Gasteiger partial charge on any atom is 0.415 e. The molecule has 6 nitrogen and oxygen atoms in total. The summed E-state index contributed by atoms with van der Waals surface area (Å²) in [7, 11) is 1.52. The van der Waals surface area contributed by atoms with Gasteiger partial charge in [-0.15, -0.1) is 0 Å². The van der Waals surface area contributed by atoms with Gasteiger partial charge in [-0.3, -0.25) is 4.90 Å². The standard InChI is InChI=1S/C18H17NO5/c1-23-16-9-5-8-14-13(16)10-15(17(20)21)19(14)18(22)24-11-12-6-3-2-4-7-12/h2-9,15H,10-11H2,1H3,(H,20,21). The summed E-state index contributed by atoms with van der Waals surface area (Å²) in [6.45, 7) is 0.0851. The summed E-state index contributed by atoms with van der Waals surface area (Å²) in [4.78, 5) is 25.2. The summed E-state index contributed by atoms with van der Waals surface area (Å²) in [6.07, 6.45) is -0.493. The molecule has 0 fully saturated rings. The van der Waals surface area contributed by atoms with E-state index in [2.05, 4.69) is 0 Å². The maximum absolute atomic E-state index is 12.5. The molecule has 3 rings (SSSR count). The van der Waals surface area contributed by atoms with Crippen molar-refractivity contribution < 1.29 is 24.2 Å². The van der Waals surface area contributed by atoms with Crippen LogP contribution in [0.3, 0.4) is 0 Å². The lowest BCUT2D eigenvalue weighted by Gasteiger charge is -2.22. The third-order valence-corrected chi connectivity index (χ3v) is 3.98. The van der Waals surface area contributed by atoms with Gasteiger partial charge in [0.25, 0.3) is 0 Å². The topological polar surface area (TPSA) is 76.1 Å². The second kappa shape index (κ2) is 6.62. The van der Waals surface area contributed by atoms with Gasteiger partial charge in [-0.2, -0.15) is 0 Å². The molecular formula is C18H17NO5. The van der Waals surface area contributed by atoms with Crippen molar-refractivity contribution in [3.05, 3.63) is 59.7 Å². The van der Waals surface area contributed by atoms with Gasteiger partial charge in [0.1, 0.15) is 18.4 Å². The number of rotatable bonds is 4. The van der Waals surface area contributed by atoms with Crippen molar-refractivity contribution in [2.24, 2.45) is 0 Å². The van der Waals surface area contributed by atoms with Crippen LogP contribution >= 0.6 is 0 Å². The van der Waals surface area contributed by atoms with E-state index < -0.39 is 18.1 Å². The van der Waals surface area contributed by atoms with Gasteiger partial charge in [-0.1, -0.05) is 36.4 Å². The molecule has 1 N–H and O–H groups in total. The minimum absolute atomic E-state index is 0.0851. The number of carbonyl (C=O) groups excluding carboxylic acids is 1. The molecule has 6 heteroatoms. The Bertz CT molecular complexity index is 759. The van der Waals surface area contributed by atoms with Gasteiger partial charge in [-0.05, 0) is 17.7 Å². The Morgan fingerprint density at radius 3 is 2.58 bits per heavy atom. The summed E-state index contributed by atoms with van der Waals surface area (Å²) in [5, 5.41) is 9.46. The first-order valence-electron chi connectivity index (χ1n) is 7.50. The lowest BCUT2D eigenvalue weighted by molar-refractivity contribution is -0.138. The number of anilines is 1.